The molecule has 1 heterocycles. The number of rotatable bonds is 5. The second-order valence-corrected chi connectivity index (χ2v) is 8.05. The molecular weight excluding hydrogens is 360 g/mol. The van der Waals surface area contributed by atoms with Gasteiger partial charge in [0.25, 0.3) is 0 Å². The van der Waals surface area contributed by atoms with E-state index in [2.05, 4.69) is 0 Å². The van der Waals surface area contributed by atoms with Crippen LogP contribution < -0.4 is 0 Å². The molecule has 0 aliphatic carbocycles. The topological polar surface area (TPSA) is 57.7 Å². The Bertz CT molecular complexity index is 914. The van der Waals surface area contributed by atoms with Gasteiger partial charge in [0.15, 0.2) is 0 Å². The summed E-state index contributed by atoms with van der Waals surface area (Å²) in [5.41, 5.74) is 1.79. The third-order valence-electron chi connectivity index (χ3n) is 4.36. The minimum atomic E-state index is -3.49. The van der Waals surface area contributed by atoms with Gasteiger partial charge in [0, 0.05) is 37.7 Å². The van der Waals surface area contributed by atoms with Crippen molar-refractivity contribution < 1.29 is 13.2 Å². The summed E-state index contributed by atoms with van der Waals surface area (Å²) >= 11 is 0. The van der Waals surface area contributed by atoms with Crippen LogP contribution in [-0.2, 0) is 14.8 Å². The zero-order chi connectivity index (χ0) is 19.1. The Hall–Kier alpha value is -2.70. The van der Waals surface area contributed by atoms with Gasteiger partial charge in [-0.1, -0.05) is 60.7 Å². The average Bonchev–Trinajstić information content (AvgIpc) is 2.72. The molecule has 140 valence electrons. The number of amides is 1. The first-order valence-electron chi connectivity index (χ1n) is 8.80. The first kappa shape index (κ1) is 19.1. The Kier molecular flexibility index (Phi) is 6.21. The van der Waals surface area contributed by atoms with E-state index in [9.17, 15) is 13.2 Å². The number of carbonyl (C=O) groups excluding carboxylic acids is 1. The van der Waals surface area contributed by atoms with E-state index in [4.69, 9.17) is 0 Å². The van der Waals surface area contributed by atoms with Crippen LogP contribution >= 0.6 is 0 Å². The van der Waals surface area contributed by atoms with Crippen molar-refractivity contribution in [3.8, 4) is 0 Å². The normalized spacial score (nSPS) is 16.2. The van der Waals surface area contributed by atoms with Crippen LogP contribution in [-0.4, -0.2) is 49.7 Å². The summed E-state index contributed by atoms with van der Waals surface area (Å²) in [5.74, 6) is -0.101. The Labute approximate surface area is 160 Å². The van der Waals surface area contributed by atoms with Crippen molar-refractivity contribution in [2.24, 2.45) is 0 Å². The number of sulfonamides is 1. The lowest BCUT2D eigenvalue weighted by atomic mass is 10.2. The molecule has 0 saturated carbocycles. The highest BCUT2D eigenvalue weighted by Crippen LogP contribution is 2.12. The Morgan fingerprint density at radius 1 is 0.778 bits per heavy atom. The number of nitrogens with zero attached hydrogens (tertiary/aromatic N) is 2. The highest BCUT2D eigenvalue weighted by atomic mass is 32.2. The van der Waals surface area contributed by atoms with Gasteiger partial charge in [-0.05, 0) is 23.3 Å². The van der Waals surface area contributed by atoms with Crippen molar-refractivity contribution in [1.82, 2.24) is 9.21 Å². The van der Waals surface area contributed by atoms with Gasteiger partial charge >= 0.3 is 0 Å². The predicted octanol–water partition coefficient (Wildman–Crippen LogP) is 2.84. The summed E-state index contributed by atoms with van der Waals surface area (Å²) in [4.78, 5) is 14.0. The molecule has 0 unspecified atom stereocenters. The standard InChI is InChI=1S/C21H22N2O3S/c24-21(12-11-19-7-3-1-4-8-19)22-14-16-23(17-15-22)27(25,26)18-13-20-9-5-2-6-10-20/h1-13,18H,14-17H2. The fourth-order valence-electron chi connectivity index (χ4n) is 2.81. The van der Waals surface area contributed by atoms with E-state index in [0.717, 1.165) is 11.1 Å². The van der Waals surface area contributed by atoms with Gasteiger partial charge in [0.1, 0.15) is 0 Å². The minimum Gasteiger partial charge on any atom is -0.337 e. The number of carbonyl (C=O) groups is 1. The van der Waals surface area contributed by atoms with Crippen LogP contribution in [0.1, 0.15) is 11.1 Å². The summed E-state index contributed by atoms with van der Waals surface area (Å²) in [7, 11) is -3.49. The van der Waals surface area contributed by atoms with E-state index < -0.39 is 10.0 Å². The fraction of sp³-hybridized carbons (Fsp3) is 0.190. The summed E-state index contributed by atoms with van der Waals surface area (Å²) in [6, 6.07) is 18.9. The first-order valence-corrected chi connectivity index (χ1v) is 10.3. The molecule has 0 atom stereocenters. The monoisotopic (exact) mass is 382 g/mol. The second kappa shape index (κ2) is 8.79. The molecule has 0 bridgehead atoms. The zero-order valence-corrected chi connectivity index (χ0v) is 15.8. The molecule has 0 aromatic heterocycles. The summed E-state index contributed by atoms with van der Waals surface area (Å²) < 4.78 is 26.3. The van der Waals surface area contributed by atoms with Crippen molar-refractivity contribution in [2.75, 3.05) is 26.2 Å². The van der Waals surface area contributed by atoms with Crippen LogP contribution in [0, 0.1) is 0 Å². The van der Waals surface area contributed by atoms with Crippen LogP contribution in [0.25, 0.3) is 12.2 Å². The maximum absolute atomic E-state index is 12.5. The van der Waals surface area contributed by atoms with Crippen molar-refractivity contribution in [1.29, 1.82) is 0 Å². The van der Waals surface area contributed by atoms with E-state index >= 15 is 0 Å². The fourth-order valence-corrected chi connectivity index (χ4v) is 3.99. The van der Waals surface area contributed by atoms with Crippen LogP contribution in [0.5, 0.6) is 0 Å². The molecule has 0 spiro atoms. The quantitative estimate of drug-likeness (QED) is 0.747. The lowest BCUT2D eigenvalue weighted by Crippen LogP contribution is -2.49. The number of piperazine rings is 1. The van der Waals surface area contributed by atoms with Crippen molar-refractivity contribution in [3.05, 3.63) is 83.3 Å². The second-order valence-electron chi connectivity index (χ2n) is 6.23. The van der Waals surface area contributed by atoms with Gasteiger partial charge in [0.2, 0.25) is 15.9 Å². The largest absolute Gasteiger partial charge is 0.337 e. The molecular formula is C21H22N2O3S. The highest BCUT2D eigenvalue weighted by molar-refractivity contribution is 7.92. The van der Waals surface area contributed by atoms with E-state index in [1.54, 1.807) is 17.1 Å². The molecule has 0 N–H and O–H groups in total. The molecule has 1 aliphatic heterocycles. The van der Waals surface area contributed by atoms with Gasteiger partial charge in [0.05, 0.1) is 0 Å². The predicted molar refractivity (Wildman–Crippen MR) is 108 cm³/mol. The van der Waals surface area contributed by atoms with Gasteiger partial charge in [-0.15, -0.1) is 0 Å². The zero-order valence-electron chi connectivity index (χ0n) is 14.9. The van der Waals surface area contributed by atoms with Crippen LogP contribution in [0.15, 0.2) is 72.1 Å². The van der Waals surface area contributed by atoms with E-state index in [1.165, 1.54) is 15.8 Å². The lowest BCUT2D eigenvalue weighted by Gasteiger charge is -2.32. The third-order valence-corrected chi connectivity index (χ3v) is 5.93. The highest BCUT2D eigenvalue weighted by Gasteiger charge is 2.26. The SMILES string of the molecule is O=C(C=Cc1ccccc1)N1CCN(S(=O)(=O)C=Cc2ccccc2)CC1. The number of benzene rings is 2. The smallest absolute Gasteiger partial charge is 0.246 e. The average molecular weight is 382 g/mol. The van der Waals surface area contributed by atoms with Gasteiger partial charge in [-0.3, -0.25) is 4.79 Å². The van der Waals surface area contributed by atoms with Crippen molar-refractivity contribution in [2.45, 2.75) is 0 Å². The Morgan fingerprint density at radius 3 is 1.85 bits per heavy atom. The number of hydrogen-bond acceptors (Lipinski definition) is 3. The van der Waals surface area contributed by atoms with Gasteiger partial charge < -0.3 is 4.90 Å². The Balaban J connectivity index is 1.55. The molecule has 1 fully saturated rings. The van der Waals surface area contributed by atoms with E-state index in [0.29, 0.717) is 26.2 Å². The molecule has 6 heteroatoms. The van der Waals surface area contributed by atoms with Gasteiger partial charge in [-0.25, -0.2) is 8.42 Å². The summed E-state index contributed by atoms with van der Waals surface area (Å²) in [6.07, 6.45) is 4.90. The summed E-state index contributed by atoms with van der Waals surface area (Å²) in [6.45, 7) is 1.37. The molecule has 0 radical (unpaired) electrons. The van der Waals surface area contributed by atoms with E-state index in [-0.39, 0.29) is 5.91 Å². The first-order chi connectivity index (χ1) is 13.0. The minimum absolute atomic E-state index is 0.101. The van der Waals surface area contributed by atoms with Crippen molar-refractivity contribution in [3.63, 3.8) is 0 Å². The molecule has 5 nitrogen and oxygen atoms in total. The lowest BCUT2D eigenvalue weighted by molar-refractivity contribution is -0.127. The molecule has 3 rings (SSSR count). The van der Waals surface area contributed by atoms with Crippen LogP contribution in [0.3, 0.4) is 0 Å². The molecule has 1 aliphatic rings. The molecule has 2 aromatic rings. The van der Waals surface area contributed by atoms with E-state index in [1.807, 2.05) is 60.7 Å². The molecule has 1 saturated heterocycles. The third kappa shape index (κ3) is 5.39. The molecule has 2 aromatic carbocycles. The maximum atomic E-state index is 12.5. The van der Waals surface area contributed by atoms with Gasteiger partial charge in [-0.2, -0.15) is 4.31 Å². The maximum Gasteiger partial charge on any atom is 0.246 e. The Morgan fingerprint density at radius 2 is 1.30 bits per heavy atom. The van der Waals surface area contributed by atoms with Crippen molar-refractivity contribution >= 4 is 28.1 Å². The number of hydrogen-bond donors (Lipinski definition) is 0. The molecule has 1 amide bonds. The molecule has 27 heavy (non-hydrogen) atoms. The van der Waals surface area contributed by atoms with Crippen LogP contribution in [0.2, 0.25) is 0 Å². The summed E-state index contributed by atoms with van der Waals surface area (Å²) in [5, 5.41) is 1.23. The van der Waals surface area contributed by atoms with Crippen LogP contribution in [0.4, 0.5) is 0 Å².